The number of hydrogen-bond acceptors (Lipinski definition) is 6. The first-order chi connectivity index (χ1) is 13.5. The topological polar surface area (TPSA) is 88.1 Å². The summed E-state index contributed by atoms with van der Waals surface area (Å²) in [6.45, 7) is 2.08. The first kappa shape index (κ1) is 19.2. The van der Waals surface area contributed by atoms with Crippen LogP contribution in [-0.4, -0.2) is 45.1 Å². The number of amides is 1. The Morgan fingerprint density at radius 1 is 1.07 bits per heavy atom. The van der Waals surface area contributed by atoms with Gasteiger partial charge in [0.1, 0.15) is 5.69 Å². The lowest BCUT2D eigenvalue weighted by Gasteiger charge is -2.17. The maximum Gasteiger partial charge on any atom is 0.272 e. The minimum atomic E-state index is -0.183. The van der Waals surface area contributed by atoms with Crippen molar-refractivity contribution in [3.05, 3.63) is 77.9 Å². The molecule has 0 spiro atoms. The fraction of sp³-hybridized carbons (Fsp3) is 0.190. The normalized spacial score (nSPS) is 10.4. The number of carbonyl (C=O) groups excluding carboxylic acids is 2. The summed E-state index contributed by atoms with van der Waals surface area (Å²) < 4.78 is 0. The summed E-state index contributed by atoms with van der Waals surface area (Å²) in [6.07, 6.45) is 5.74. The van der Waals surface area contributed by atoms with Gasteiger partial charge in [-0.3, -0.25) is 14.6 Å². The van der Waals surface area contributed by atoms with Crippen molar-refractivity contribution in [1.82, 2.24) is 19.9 Å². The molecule has 0 aliphatic carbocycles. The smallest absolute Gasteiger partial charge is 0.272 e. The van der Waals surface area contributed by atoms with E-state index in [0.717, 1.165) is 12.0 Å². The number of likely N-dealkylation sites (N-methyl/N-ethyl adjacent to an activating group) is 1. The second-order valence-electron chi connectivity index (χ2n) is 6.36. The van der Waals surface area contributed by atoms with Crippen LogP contribution in [0.3, 0.4) is 0 Å². The molecule has 0 saturated heterocycles. The van der Waals surface area contributed by atoms with E-state index >= 15 is 0 Å². The third-order valence-corrected chi connectivity index (χ3v) is 4.23. The maximum absolute atomic E-state index is 12.7. The lowest BCUT2D eigenvalue weighted by molar-refractivity contribution is 0.0790. The van der Waals surface area contributed by atoms with Gasteiger partial charge in [-0.05, 0) is 49.2 Å². The van der Waals surface area contributed by atoms with Crippen molar-refractivity contribution in [3.63, 3.8) is 0 Å². The number of benzene rings is 1. The molecule has 3 rings (SSSR count). The molecule has 0 atom stereocenters. The highest BCUT2D eigenvalue weighted by Gasteiger charge is 2.14. The molecular weight excluding hydrogens is 354 g/mol. The lowest BCUT2D eigenvalue weighted by atomic mass is 10.1. The molecule has 7 heteroatoms. The van der Waals surface area contributed by atoms with Crippen LogP contribution in [0.15, 0.2) is 61.1 Å². The third-order valence-electron chi connectivity index (χ3n) is 4.23. The Morgan fingerprint density at radius 3 is 2.61 bits per heavy atom. The average molecular weight is 375 g/mol. The van der Waals surface area contributed by atoms with E-state index in [1.54, 1.807) is 48.6 Å². The number of nitrogens with one attached hydrogen (secondary N) is 1. The summed E-state index contributed by atoms with van der Waals surface area (Å²) in [5.74, 6) is 0.0930. The number of rotatable bonds is 7. The summed E-state index contributed by atoms with van der Waals surface area (Å²) in [5.41, 5.74) is 2.69. The fourth-order valence-electron chi connectivity index (χ4n) is 2.63. The van der Waals surface area contributed by atoms with Gasteiger partial charge in [-0.15, -0.1) is 0 Å². The summed E-state index contributed by atoms with van der Waals surface area (Å²) in [5, 5.41) is 3.04. The molecule has 28 heavy (non-hydrogen) atoms. The van der Waals surface area contributed by atoms with Crippen molar-refractivity contribution in [3.8, 4) is 0 Å². The molecule has 0 unspecified atom stereocenters. The molecule has 2 heterocycles. The molecule has 0 radical (unpaired) electrons. The van der Waals surface area contributed by atoms with Crippen LogP contribution in [-0.2, 0) is 6.42 Å². The lowest BCUT2D eigenvalue weighted by Crippen LogP contribution is -2.29. The SMILES string of the molecule is CC(=O)c1cccc(Nc2nccc(C(=O)N(C)CCc3ccncc3)n2)c1. The van der Waals surface area contributed by atoms with Crippen molar-refractivity contribution in [1.29, 1.82) is 0 Å². The molecule has 3 aromatic rings. The van der Waals surface area contributed by atoms with Gasteiger partial charge in [-0.2, -0.15) is 0 Å². The summed E-state index contributed by atoms with van der Waals surface area (Å²) >= 11 is 0. The molecule has 142 valence electrons. The van der Waals surface area contributed by atoms with Gasteiger partial charge in [0, 0.05) is 43.4 Å². The van der Waals surface area contributed by atoms with E-state index in [-0.39, 0.29) is 11.7 Å². The molecule has 0 saturated carbocycles. The standard InChI is InChI=1S/C21H21N5O2/c1-15(27)17-4-3-5-18(14-17)24-21-23-12-8-19(25-21)20(28)26(2)13-9-16-6-10-22-11-7-16/h3-8,10-12,14H,9,13H2,1-2H3,(H,23,24,25). The molecule has 0 bridgehead atoms. The van der Waals surface area contributed by atoms with E-state index in [9.17, 15) is 9.59 Å². The number of pyridine rings is 1. The molecule has 1 aromatic carbocycles. The number of ketones is 1. The van der Waals surface area contributed by atoms with Gasteiger partial charge >= 0.3 is 0 Å². The highest BCUT2D eigenvalue weighted by atomic mass is 16.2. The summed E-state index contributed by atoms with van der Waals surface area (Å²) in [7, 11) is 1.75. The van der Waals surface area contributed by atoms with E-state index < -0.39 is 0 Å². The van der Waals surface area contributed by atoms with Crippen molar-refractivity contribution >= 4 is 23.3 Å². The van der Waals surface area contributed by atoms with E-state index in [1.165, 1.54) is 13.1 Å². The summed E-state index contributed by atoms with van der Waals surface area (Å²) in [6, 6.07) is 12.5. The van der Waals surface area contributed by atoms with Gasteiger partial charge < -0.3 is 10.2 Å². The Morgan fingerprint density at radius 2 is 1.86 bits per heavy atom. The zero-order chi connectivity index (χ0) is 19.9. The quantitative estimate of drug-likeness (QED) is 0.638. The van der Waals surface area contributed by atoms with Crippen LogP contribution in [0.1, 0.15) is 33.3 Å². The van der Waals surface area contributed by atoms with Crippen molar-refractivity contribution in [2.45, 2.75) is 13.3 Å². The Bertz CT molecular complexity index is 975. The molecule has 1 amide bonds. The summed E-state index contributed by atoms with van der Waals surface area (Å²) in [4.78, 5) is 38.3. The molecular formula is C21H21N5O2. The first-order valence-electron chi connectivity index (χ1n) is 8.88. The largest absolute Gasteiger partial charge is 0.340 e. The van der Waals surface area contributed by atoms with Crippen LogP contribution in [0.4, 0.5) is 11.6 Å². The maximum atomic E-state index is 12.7. The Kier molecular flexibility index (Phi) is 6.06. The molecule has 0 aliphatic heterocycles. The number of nitrogens with zero attached hydrogens (tertiary/aromatic N) is 4. The number of Topliss-reactive ketones (excluding diaryl/α,β-unsaturated/α-hetero) is 1. The number of hydrogen-bond donors (Lipinski definition) is 1. The van der Waals surface area contributed by atoms with Crippen LogP contribution in [0.5, 0.6) is 0 Å². The van der Waals surface area contributed by atoms with Crippen LogP contribution in [0, 0.1) is 0 Å². The van der Waals surface area contributed by atoms with Gasteiger partial charge in [0.2, 0.25) is 5.95 Å². The molecule has 0 fully saturated rings. The molecule has 7 nitrogen and oxygen atoms in total. The Hall–Kier alpha value is -3.61. The van der Waals surface area contributed by atoms with Crippen molar-refractivity contribution < 1.29 is 9.59 Å². The third kappa shape index (κ3) is 4.97. The van der Waals surface area contributed by atoms with Gasteiger partial charge in [-0.1, -0.05) is 12.1 Å². The zero-order valence-electron chi connectivity index (χ0n) is 15.8. The number of carbonyl (C=O) groups is 2. The van der Waals surface area contributed by atoms with Gasteiger partial charge in [0.15, 0.2) is 5.78 Å². The number of aromatic nitrogens is 3. The highest BCUT2D eigenvalue weighted by Crippen LogP contribution is 2.15. The van der Waals surface area contributed by atoms with Gasteiger partial charge in [0.05, 0.1) is 0 Å². The van der Waals surface area contributed by atoms with Gasteiger partial charge in [-0.25, -0.2) is 9.97 Å². The van der Waals surface area contributed by atoms with E-state index in [2.05, 4.69) is 20.3 Å². The fourth-order valence-corrected chi connectivity index (χ4v) is 2.63. The minimum absolute atomic E-state index is 0.0238. The molecule has 0 aliphatic rings. The van der Waals surface area contributed by atoms with Gasteiger partial charge in [0.25, 0.3) is 5.91 Å². The second-order valence-corrected chi connectivity index (χ2v) is 6.36. The Balaban J connectivity index is 1.67. The van der Waals surface area contributed by atoms with Crippen LogP contribution in [0.2, 0.25) is 0 Å². The predicted octanol–water partition coefficient (Wildman–Crippen LogP) is 3.13. The number of anilines is 2. The van der Waals surface area contributed by atoms with Crippen LogP contribution >= 0.6 is 0 Å². The monoisotopic (exact) mass is 375 g/mol. The van der Waals surface area contributed by atoms with Crippen molar-refractivity contribution in [2.24, 2.45) is 0 Å². The van der Waals surface area contributed by atoms with Crippen LogP contribution in [0.25, 0.3) is 0 Å². The zero-order valence-corrected chi connectivity index (χ0v) is 15.8. The van der Waals surface area contributed by atoms with E-state index in [4.69, 9.17) is 0 Å². The van der Waals surface area contributed by atoms with Crippen LogP contribution < -0.4 is 5.32 Å². The predicted molar refractivity (Wildman–Crippen MR) is 107 cm³/mol. The highest BCUT2D eigenvalue weighted by molar-refractivity contribution is 5.95. The van der Waals surface area contributed by atoms with Crippen molar-refractivity contribution in [2.75, 3.05) is 18.9 Å². The first-order valence-corrected chi connectivity index (χ1v) is 8.88. The van der Waals surface area contributed by atoms with E-state index in [1.807, 2.05) is 18.2 Å². The molecule has 1 N–H and O–H groups in total. The Labute approximate surface area is 163 Å². The average Bonchev–Trinajstić information content (AvgIpc) is 2.72. The second kappa shape index (κ2) is 8.85. The van der Waals surface area contributed by atoms with E-state index in [0.29, 0.717) is 29.4 Å². The molecule has 2 aromatic heterocycles. The minimum Gasteiger partial charge on any atom is -0.340 e.